The Labute approximate surface area is 119 Å². The molecule has 0 saturated carbocycles. The van der Waals surface area contributed by atoms with Gasteiger partial charge in [-0.25, -0.2) is 4.68 Å². The molecule has 0 aromatic carbocycles. The minimum absolute atomic E-state index is 0.0802. The van der Waals surface area contributed by atoms with Crippen molar-refractivity contribution in [3.63, 3.8) is 0 Å². The lowest BCUT2D eigenvalue weighted by Gasteiger charge is -2.32. The van der Waals surface area contributed by atoms with Gasteiger partial charge in [-0.1, -0.05) is 13.3 Å². The van der Waals surface area contributed by atoms with Crippen LogP contribution < -0.4 is 5.56 Å². The molecule has 0 atom stereocenters. The maximum Gasteiger partial charge on any atom is 0.274 e. The Morgan fingerprint density at radius 3 is 2.60 bits per heavy atom. The van der Waals surface area contributed by atoms with Gasteiger partial charge in [0, 0.05) is 38.8 Å². The van der Waals surface area contributed by atoms with Crippen molar-refractivity contribution < 1.29 is 4.79 Å². The molecule has 1 amide bonds. The highest BCUT2D eigenvalue weighted by Crippen LogP contribution is 2.05. The lowest BCUT2D eigenvalue weighted by molar-refractivity contribution is 0.0655. The van der Waals surface area contributed by atoms with Crippen molar-refractivity contribution in [2.75, 3.05) is 33.2 Å². The molecule has 110 valence electrons. The summed E-state index contributed by atoms with van der Waals surface area (Å²) in [6, 6.07) is 2.97. The molecule has 1 saturated heterocycles. The van der Waals surface area contributed by atoms with Crippen molar-refractivity contribution in [1.29, 1.82) is 0 Å². The second-order valence-electron chi connectivity index (χ2n) is 5.23. The van der Waals surface area contributed by atoms with Crippen LogP contribution in [0.1, 0.15) is 30.3 Å². The lowest BCUT2D eigenvalue weighted by atomic mass is 10.2. The number of rotatable bonds is 4. The van der Waals surface area contributed by atoms with E-state index in [4.69, 9.17) is 0 Å². The molecule has 1 aliphatic rings. The quantitative estimate of drug-likeness (QED) is 0.801. The Morgan fingerprint density at radius 2 is 1.95 bits per heavy atom. The topological polar surface area (TPSA) is 58.4 Å². The summed E-state index contributed by atoms with van der Waals surface area (Å²) in [7, 11) is 2.05. The van der Waals surface area contributed by atoms with E-state index in [1.165, 1.54) is 16.8 Å². The average Bonchev–Trinajstić information content (AvgIpc) is 2.46. The van der Waals surface area contributed by atoms with Crippen LogP contribution in [0, 0.1) is 0 Å². The van der Waals surface area contributed by atoms with E-state index in [-0.39, 0.29) is 11.5 Å². The third-order valence-corrected chi connectivity index (χ3v) is 3.60. The van der Waals surface area contributed by atoms with Crippen molar-refractivity contribution in [2.45, 2.75) is 26.3 Å². The number of likely N-dealkylation sites (N-methyl/N-ethyl adjacent to an activating group) is 1. The van der Waals surface area contributed by atoms with E-state index in [1.54, 1.807) is 4.90 Å². The van der Waals surface area contributed by atoms with Gasteiger partial charge in [-0.05, 0) is 19.5 Å². The summed E-state index contributed by atoms with van der Waals surface area (Å²) in [5.41, 5.74) is 0.221. The fraction of sp³-hybridized carbons (Fsp3) is 0.643. The Kier molecular flexibility index (Phi) is 4.89. The number of nitrogens with zero attached hydrogens (tertiary/aromatic N) is 4. The maximum atomic E-state index is 12.4. The number of hydrogen-bond donors (Lipinski definition) is 0. The van der Waals surface area contributed by atoms with Crippen LogP contribution in [-0.2, 0) is 6.54 Å². The van der Waals surface area contributed by atoms with Crippen molar-refractivity contribution in [1.82, 2.24) is 19.6 Å². The molecule has 6 nitrogen and oxygen atoms in total. The molecular formula is C14H22N4O2. The summed E-state index contributed by atoms with van der Waals surface area (Å²) in [5, 5.41) is 4.20. The average molecular weight is 278 g/mol. The molecule has 1 aromatic heterocycles. The van der Waals surface area contributed by atoms with Crippen LogP contribution in [0.15, 0.2) is 16.9 Å². The van der Waals surface area contributed by atoms with E-state index in [0.717, 1.165) is 25.9 Å². The number of piperazine rings is 1. The Balaban J connectivity index is 2.11. The standard InChI is InChI=1S/C14H22N4O2/c1-3-4-7-18-13(19)6-5-12(15-18)14(20)17-10-8-16(2)9-11-17/h5-6H,3-4,7-11H2,1-2H3. The number of amides is 1. The first-order valence-electron chi connectivity index (χ1n) is 7.18. The van der Waals surface area contributed by atoms with Crippen molar-refractivity contribution in [2.24, 2.45) is 0 Å². The molecule has 0 bridgehead atoms. The van der Waals surface area contributed by atoms with E-state index < -0.39 is 0 Å². The van der Waals surface area contributed by atoms with Gasteiger partial charge in [0.2, 0.25) is 0 Å². The van der Waals surface area contributed by atoms with Crippen LogP contribution in [0.3, 0.4) is 0 Å². The molecule has 0 aliphatic carbocycles. The highest BCUT2D eigenvalue weighted by Gasteiger charge is 2.21. The first kappa shape index (κ1) is 14.7. The van der Waals surface area contributed by atoms with E-state index in [0.29, 0.717) is 25.3 Å². The van der Waals surface area contributed by atoms with Gasteiger partial charge in [0.05, 0.1) is 0 Å². The second kappa shape index (κ2) is 6.65. The zero-order valence-corrected chi connectivity index (χ0v) is 12.2. The summed E-state index contributed by atoms with van der Waals surface area (Å²) in [4.78, 5) is 28.1. The fourth-order valence-corrected chi connectivity index (χ4v) is 2.20. The number of carbonyl (C=O) groups is 1. The Hall–Kier alpha value is -1.69. The van der Waals surface area contributed by atoms with Gasteiger partial charge in [0.1, 0.15) is 5.69 Å². The molecule has 6 heteroatoms. The molecule has 0 radical (unpaired) electrons. The van der Waals surface area contributed by atoms with Gasteiger partial charge in [-0.3, -0.25) is 9.59 Å². The van der Waals surface area contributed by atoms with Crippen LogP contribution in [0.5, 0.6) is 0 Å². The first-order valence-corrected chi connectivity index (χ1v) is 7.18. The van der Waals surface area contributed by atoms with E-state index in [1.807, 2.05) is 7.05 Å². The second-order valence-corrected chi connectivity index (χ2v) is 5.23. The van der Waals surface area contributed by atoms with Gasteiger partial charge in [-0.2, -0.15) is 5.10 Å². The van der Waals surface area contributed by atoms with Gasteiger partial charge < -0.3 is 9.80 Å². The molecule has 2 rings (SSSR count). The molecule has 20 heavy (non-hydrogen) atoms. The van der Waals surface area contributed by atoms with E-state index >= 15 is 0 Å². The number of aromatic nitrogens is 2. The van der Waals surface area contributed by atoms with Crippen molar-refractivity contribution >= 4 is 5.91 Å². The number of hydrogen-bond acceptors (Lipinski definition) is 4. The predicted molar refractivity (Wildman–Crippen MR) is 76.8 cm³/mol. The Bertz CT molecular complexity index is 518. The highest BCUT2D eigenvalue weighted by atomic mass is 16.2. The minimum atomic E-state index is -0.145. The summed E-state index contributed by atoms with van der Waals surface area (Å²) in [6.45, 7) is 5.81. The third-order valence-electron chi connectivity index (χ3n) is 3.60. The highest BCUT2D eigenvalue weighted by molar-refractivity contribution is 5.92. The fourth-order valence-electron chi connectivity index (χ4n) is 2.20. The van der Waals surface area contributed by atoms with Crippen LogP contribution in [0.25, 0.3) is 0 Å². The molecule has 2 heterocycles. The summed E-state index contributed by atoms with van der Waals surface area (Å²) in [6.07, 6.45) is 1.88. The zero-order chi connectivity index (χ0) is 14.5. The van der Waals surface area contributed by atoms with Crippen molar-refractivity contribution in [3.8, 4) is 0 Å². The SMILES string of the molecule is CCCCn1nc(C(=O)N2CCN(C)CC2)ccc1=O. The van der Waals surface area contributed by atoms with Crippen molar-refractivity contribution in [3.05, 3.63) is 28.2 Å². The molecule has 1 aliphatic heterocycles. The normalized spacial score (nSPS) is 16.4. The molecule has 0 spiro atoms. The summed E-state index contributed by atoms with van der Waals surface area (Å²) < 4.78 is 1.40. The summed E-state index contributed by atoms with van der Waals surface area (Å²) in [5.74, 6) is -0.0802. The van der Waals surface area contributed by atoms with Crippen LogP contribution in [0.4, 0.5) is 0 Å². The smallest absolute Gasteiger partial charge is 0.274 e. The molecule has 0 unspecified atom stereocenters. The van der Waals surface area contributed by atoms with Crippen LogP contribution in [-0.4, -0.2) is 58.7 Å². The Morgan fingerprint density at radius 1 is 1.25 bits per heavy atom. The number of carbonyl (C=O) groups excluding carboxylic acids is 1. The zero-order valence-electron chi connectivity index (χ0n) is 12.2. The van der Waals surface area contributed by atoms with Gasteiger partial charge in [0.25, 0.3) is 11.5 Å². The molecule has 1 aromatic rings. The molecule has 0 N–H and O–H groups in total. The van der Waals surface area contributed by atoms with Crippen LogP contribution in [0.2, 0.25) is 0 Å². The third kappa shape index (κ3) is 3.45. The monoisotopic (exact) mass is 278 g/mol. The van der Waals surface area contributed by atoms with Gasteiger partial charge in [-0.15, -0.1) is 0 Å². The lowest BCUT2D eigenvalue weighted by Crippen LogP contribution is -2.47. The molecule has 1 fully saturated rings. The first-order chi connectivity index (χ1) is 9.61. The number of aryl methyl sites for hydroxylation is 1. The van der Waals surface area contributed by atoms with E-state index in [2.05, 4.69) is 16.9 Å². The molecular weight excluding hydrogens is 256 g/mol. The van der Waals surface area contributed by atoms with Gasteiger partial charge in [0.15, 0.2) is 0 Å². The maximum absolute atomic E-state index is 12.4. The predicted octanol–water partition coefficient (Wildman–Crippen LogP) is 0.431. The van der Waals surface area contributed by atoms with E-state index in [9.17, 15) is 9.59 Å². The largest absolute Gasteiger partial charge is 0.335 e. The van der Waals surface area contributed by atoms with Gasteiger partial charge >= 0.3 is 0 Å². The summed E-state index contributed by atoms with van der Waals surface area (Å²) >= 11 is 0. The number of unbranched alkanes of at least 4 members (excludes halogenated alkanes) is 1. The van der Waals surface area contributed by atoms with Crippen LogP contribution >= 0.6 is 0 Å². The minimum Gasteiger partial charge on any atom is -0.335 e.